The summed E-state index contributed by atoms with van der Waals surface area (Å²) in [6.45, 7) is 1.78. The van der Waals surface area contributed by atoms with Gasteiger partial charge < -0.3 is 5.32 Å². The molecule has 29 heavy (non-hydrogen) atoms. The Morgan fingerprint density at radius 2 is 1.86 bits per heavy atom. The van der Waals surface area contributed by atoms with Gasteiger partial charge in [-0.05, 0) is 37.3 Å². The van der Waals surface area contributed by atoms with E-state index in [1.807, 2.05) is 0 Å². The standard InChI is InChI=1S/C19H15F3N6O/c1-10-15(9-23-27(10)2)26-19(29)13-8-24-28-16(17(21)22)7-14(25-18(13)28)11-3-5-12(20)6-4-11/h3-9,17H,1-2H3,(H,26,29). The first kappa shape index (κ1) is 18.7. The van der Waals surface area contributed by atoms with Crippen LogP contribution in [0.2, 0.25) is 0 Å². The van der Waals surface area contributed by atoms with Crippen LogP contribution >= 0.6 is 0 Å². The molecule has 3 heterocycles. The van der Waals surface area contributed by atoms with Gasteiger partial charge in [-0.15, -0.1) is 0 Å². The number of nitrogens with one attached hydrogen (secondary N) is 1. The first-order valence-electron chi connectivity index (χ1n) is 8.58. The van der Waals surface area contributed by atoms with Crippen LogP contribution in [-0.4, -0.2) is 30.3 Å². The SMILES string of the molecule is Cc1c(NC(=O)c2cnn3c(C(F)F)cc(-c4ccc(F)cc4)nc23)cnn1C. The van der Waals surface area contributed by atoms with E-state index in [-0.39, 0.29) is 16.9 Å². The zero-order valence-electron chi connectivity index (χ0n) is 15.4. The molecule has 4 rings (SSSR count). The number of halogens is 3. The predicted octanol–water partition coefficient (Wildman–Crippen LogP) is 3.77. The van der Waals surface area contributed by atoms with Crippen molar-refractivity contribution in [1.82, 2.24) is 24.4 Å². The maximum absolute atomic E-state index is 13.6. The van der Waals surface area contributed by atoms with E-state index in [1.54, 1.807) is 18.7 Å². The van der Waals surface area contributed by atoms with Crippen LogP contribution in [0.3, 0.4) is 0 Å². The summed E-state index contributed by atoms with van der Waals surface area (Å²) >= 11 is 0. The van der Waals surface area contributed by atoms with Crippen LogP contribution < -0.4 is 5.32 Å². The minimum absolute atomic E-state index is 0.0267. The number of benzene rings is 1. The van der Waals surface area contributed by atoms with Crippen LogP contribution in [0.25, 0.3) is 16.9 Å². The van der Waals surface area contributed by atoms with E-state index < -0.39 is 23.8 Å². The zero-order chi connectivity index (χ0) is 20.7. The van der Waals surface area contributed by atoms with Crippen molar-refractivity contribution in [2.45, 2.75) is 13.3 Å². The van der Waals surface area contributed by atoms with E-state index in [0.29, 0.717) is 11.3 Å². The first-order valence-corrected chi connectivity index (χ1v) is 8.58. The molecule has 10 heteroatoms. The molecule has 1 aromatic carbocycles. The summed E-state index contributed by atoms with van der Waals surface area (Å²) in [6.07, 6.45) is -0.180. The fourth-order valence-corrected chi connectivity index (χ4v) is 2.88. The molecule has 0 radical (unpaired) electrons. The normalized spacial score (nSPS) is 11.4. The number of rotatable bonds is 4. The van der Waals surface area contributed by atoms with Crippen molar-refractivity contribution in [3.63, 3.8) is 0 Å². The van der Waals surface area contributed by atoms with Gasteiger partial charge in [-0.2, -0.15) is 10.2 Å². The molecule has 1 N–H and O–H groups in total. The molecule has 0 atom stereocenters. The van der Waals surface area contributed by atoms with Gasteiger partial charge in [-0.1, -0.05) is 0 Å². The lowest BCUT2D eigenvalue weighted by molar-refractivity contribution is 0.102. The number of fused-ring (bicyclic) bond motifs is 1. The molecule has 0 saturated carbocycles. The second-order valence-electron chi connectivity index (χ2n) is 6.39. The molecule has 4 aromatic rings. The summed E-state index contributed by atoms with van der Waals surface area (Å²) in [5, 5.41) is 10.6. The quantitative estimate of drug-likeness (QED) is 0.566. The molecule has 0 aliphatic heterocycles. The monoisotopic (exact) mass is 400 g/mol. The molecule has 0 saturated heterocycles. The lowest BCUT2D eigenvalue weighted by Crippen LogP contribution is -2.13. The van der Waals surface area contributed by atoms with Gasteiger partial charge in [0.15, 0.2) is 5.65 Å². The summed E-state index contributed by atoms with van der Waals surface area (Å²) in [4.78, 5) is 17.1. The third-order valence-corrected chi connectivity index (χ3v) is 4.59. The Morgan fingerprint density at radius 3 is 2.48 bits per heavy atom. The van der Waals surface area contributed by atoms with Crippen molar-refractivity contribution in [1.29, 1.82) is 0 Å². The molecule has 0 unspecified atom stereocenters. The Kier molecular flexibility index (Phi) is 4.53. The maximum Gasteiger partial charge on any atom is 0.280 e. The number of aryl methyl sites for hydroxylation is 1. The van der Waals surface area contributed by atoms with E-state index in [1.165, 1.54) is 42.7 Å². The number of amides is 1. The van der Waals surface area contributed by atoms with Crippen molar-refractivity contribution in [2.24, 2.45) is 7.05 Å². The van der Waals surface area contributed by atoms with Gasteiger partial charge in [-0.3, -0.25) is 9.48 Å². The van der Waals surface area contributed by atoms with Crippen LogP contribution in [0.1, 0.15) is 28.2 Å². The summed E-state index contributed by atoms with van der Waals surface area (Å²) < 4.78 is 43.0. The predicted molar refractivity (Wildman–Crippen MR) is 99.2 cm³/mol. The summed E-state index contributed by atoms with van der Waals surface area (Å²) in [7, 11) is 1.73. The topological polar surface area (TPSA) is 77.1 Å². The minimum Gasteiger partial charge on any atom is -0.319 e. The van der Waals surface area contributed by atoms with Gasteiger partial charge in [0, 0.05) is 12.6 Å². The van der Waals surface area contributed by atoms with Gasteiger partial charge >= 0.3 is 0 Å². The largest absolute Gasteiger partial charge is 0.319 e. The average Bonchev–Trinajstić information content (AvgIpc) is 3.26. The second kappa shape index (κ2) is 7.04. The number of hydrogen-bond donors (Lipinski definition) is 1. The average molecular weight is 400 g/mol. The number of aromatic nitrogens is 5. The van der Waals surface area contributed by atoms with Crippen LogP contribution in [-0.2, 0) is 7.05 Å². The highest BCUT2D eigenvalue weighted by Crippen LogP contribution is 2.27. The Balaban J connectivity index is 1.82. The molecule has 0 spiro atoms. The Labute approximate surface area is 162 Å². The van der Waals surface area contributed by atoms with E-state index in [2.05, 4.69) is 20.5 Å². The molecule has 0 fully saturated rings. The highest BCUT2D eigenvalue weighted by Gasteiger charge is 2.22. The highest BCUT2D eigenvalue weighted by molar-refractivity contribution is 6.08. The van der Waals surface area contributed by atoms with E-state index in [4.69, 9.17) is 0 Å². The fraction of sp³-hybridized carbons (Fsp3) is 0.158. The minimum atomic E-state index is -2.85. The molecular formula is C19H15F3N6O. The van der Waals surface area contributed by atoms with Crippen molar-refractivity contribution in [3.05, 3.63) is 65.5 Å². The van der Waals surface area contributed by atoms with Crippen LogP contribution in [0.5, 0.6) is 0 Å². The molecule has 0 bridgehead atoms. The first-order chi connectivity index (χ1) is 13.8. The number of nitrogens with zero attached hydrogens (tertiary/aromatic N) is 5. The highest BCUT2D eigenvalue weighted by atomic mass is 19.3. The Morgan fingerprint density at radius 1 is 1.14 bits per heavy atom. The summed E-state index contributed by atoms with van der Waals surface area (Å²) in [6, 6.07) is 6.44. The van der Waals surface area contributed by atoms with Crippen molar-refractivity contribution in [3.8, 4) is 11.3 Å². The number of hydrogen-bond acceptors (Lipinski definition) is 4. The number of anilines is 1. The Hall–Kier alpha value is -3.69. The zero-order valence-corrected chi connectivity index (χ0v) is 15.4. The Bertz CT molecular complexity index is 1210. The van der Waals surface area contributed by atoms with Crippen LogP contribution in [0.4, 0.5) is 18.9 Å². The van der Waals surface area contributed by atoms with Crippen molar-refractivity contribution < 1.29 is 18.0 Å². The lowest BCUT2D eigenvalue weighted by Gasteiger charge is -2.09. The van der Waals surface area contributed by atoms with Crippen molar-refractivity contribution >= 4 is 17.2 Å². The summed E-state index contributed by atoms with van der Waals surface area (Å²) in [5.74, 6) is -1.01. The van der Waals surface area contributed by atoms with Crippen molar-refractivity contribution in [2.75, 3.05) is 5.32 Å². The van der Waals surface area contributed by atoms with E-state index in [9.17, 15) is 18.0 Å². The number of alkyl halides is 2. The van der Waals surface area contributed by atoms with Crippen LogP contribution in [0.15, 0.2) is 42.7 Å². The molecule has 148 valence electrons. The van der Waals surface area contributed by atoms with Gasteiger partial charge in [0.1, 0.15) is 17.1 Å². The van der Waals surface area contributed by atoms with Gasteiger partial charge in [0.2, 0.25) is 0 Å². The number of carbonyl (C=O) groups is 1. The third kappa shape index (κ3) is 3.33. The third-order valence-electron chi connectivity index (χ3n) is 4.59. The van der Waals surface area contributed by atoms with E-state index in [0.717, 1.165) is 10.2 Å². The molecule has 7 nitrogen and oxygen atoms in total. The van der Waals surface area contributed by atoms with Gasteiger partial charge in [0.05, 0.1) is 29.5 Å². The molecule has 3 aromatic heterocycles. The molecule has 0 aliphatic rings. The summed E-state index contributed by atoms with van der Waals surface area (Å²) in [5.41, 5.74) is 1.40. The van der Waals surface area contributed by atoms with Gasteiger partial charge in [0.25, 0.3) is 12.3 Å². The molecule has 0 aliphatic carbocycles. The smallest absolute Gasteiger partial charge is 0.280 e. The second-order valence-corrected chi connectivity index (χ2v) is 6.39. The van der Waals surface area contributed by atoms with Crippen LogP contribution in [0, 0.1) is 12.7 Å². The molecule has 1 amide bonds. The number of carbonyl (C=O) groups excluding carboxylic acids is 1. The fourth-order valence-electron chi connectivity index (χ4n) is 2.88. The van der Waals surface area contributed by atoms with E-state index >= 15 is 0 Å². The van der Waals surface area contributed by atoms with Gasteiger partial charge in [-0.25, -0.2) is 22.7 Å². The lowest BCUT2D eigenvalue weighted by atomic mass is 10.1. The molecular weight excluding hydrogens is 385 g/mol. The maximum atomic E-state index is 13.6.